The first-order valence-corrected chi connectivity index (χ1v) is 11.3. The number of halogens is 5. The molecule has 0 spiro atoms. The van der Waals surface area contributed by atoms with E-state index in [1.807, 2.05) is 0 Å². The second-order valence-electron chi connectivity index (χ2n) is 7.97. The van der Waals surface area contributed by atoms with Crippen LogP contribution in [0.4, 0.5) is 13.2 Å². The Hall–Kier alpha value is -2.26. The minimum atomic E-state index is -5.34. The Bertz CT molecular complexity index is 1010. The lowest BCUT2D eigenvalue weighted by molar-refractivity contribution is -0.193. The van der Waals surface area contributed by atoms with E-state index in [9.17, 15) is 27.6 Å². The standard InChI is InChI=1S/C22H23Cl2F3N2O4/c1-3-33-19(31)17-12(2)29(14-7-5-4-6-8-14)20(32)21(17,22(25,26)27)28-18(30)15-10-9-13(23)11-16(15)24/h9-11,14H,3-8H2,1-2H3,(H,28,30). The average Bonchev–Trinajstić information content (AvgIpc) is 2.95. The monoisotopic (exact) mass is 506 g/mol. The van der Waals surface area contributed by atoms with Gasteiger partial charge < -0.3 is 15.0 Å². The van der Waals surface area contributed by atoms with Gasteiger partial charge in [-0.25, -0.2) is 4.79 Å². The zero-order valence-electron chi connectivity index (χ0n) is 18.0. The van der Waals surface area contributed by atoms with E-state index in [0.717, 1.165) is 30.2 Å². The number of amides is 2. The quantitative estimate of drug-likeness (QED) is 0.567. The molecule has 1 fully saturated rings. The first-order valence-electron chi connectivity index (χ1n) is 10.5. The molecule has 2 aliphatic rings. The van der Waals surface area contributed by atoms with Gasteiger partial charge in [-0.3, -0.25) is 9.59 Å². The van der Waals surface area contributed by atoms with Gasteiger partial charge in [0, 0.05) is 16.8 Å². The molecule has 0 saturated heterocycles. The third kappa shape index (κ3) is 4.45. The van der Waals surface area contributed by atoms with Crippen LogP contribution >= 0.6 is 23.2 Å². The van der Waals surface area contributed by atoms with Gasteiger partial charge in [0.25, 0.3) is 17.4 Å². The fraction of sp³-hybridized carbons (Fsp3) is 0.500. The van der Waals surface area contributed by atoms with Crippen LogP contribution in [0.3, 0.4) is 0 Å². The Morgan fingerprint density at radius 3 is 2.39 bits per heavy atom. The number of rotatable bonds is 5. The Balaban J connectivity index is 2.16. The zero-order chi connectivity index (χ0) is 24.6. The van der Waals surface area contributed by atoms with Gasteiger partial charge in [-0.15, -0.1) is 0 Å². The maximum absolute atomic E-state index is 14.7. The number of ether oxygens (including phenoxy) is 1. The molecule has 33 heavy (non-hydrogen) atoms. The van der Waals surface area contributed by atoms with Crippen molar-refractivity contribution in [2.45, 2.75) is 63.7 Å². The van der Waals surface area contributed by atoms with E-state index in [-0.39, 0.29) is 27.9 Å². The van der Waals surface area contributed by atoms with E-state index >= 15 is 0 Å². The molecule has 1 atom stereocenters. The highest BCUT2D eigenvalue weighted by Crippen LogP contribution is 2.47. The second-order valence-corrected chi connectivity index (χ2v) is 8.82. The largest absolute Gasteiger partial charge is 0.462 e. The maximum atomic E-state index is 14.7. The van der Waals surface area contributed by atoms with E-state index in [1.165, 1.54) is 26.0 Å². The smallest absolute Gasteiger partial charge is 0.425 e. The fourth-order valence-corrected chi connectivity index (χ4v) is 4.97. The second kappa shape index (κ2) is 9.54. The SMILES string of the molecule is CCOC(=O)C1=C(C)N(C2CCCCC2)C(=O)C1(NC(=O)c1ccc(Cl)cc1Cl)C(F)(F)F. The van der Waals surface area contributed by atoms with Gasteiger partial charge in [0.15, 0.2) is 0 Å². The molecule has 1 aliphatic carbocycles. The summed E-state index contributed by atoms with van der Waals surface area (Å²) in [4.78, 5) is 40.2. The summed E-state index contributed by atoms with van der Waals surface area (Å²) >= 11 is 11.8. The van der Waals surface area contributed by atoms with E-state index < -0.39 is 41.1 Å². The van der Waals surface area contributed by atoms with Crippen molar-refractivity contribution in [2.24, 2.45) is 0 Å². The predicted octanol–water partition coefficient (Wildman–Crippen LogP) is 5.04. The summed E-state index contributed by atoms with van der Waals surface area (Å²) in [6.45, 7) is 2.50. The predicted molar refractivity (Wildman–Crippen MR) is 116 cm³/mol. The lowest BCUT2D eigenvalue weighted by Crippen LogP contribution is -2.66. The highest BCUT2D eigenvalue weighted by molar-refractivity contribution is 6.36. The van der Waals surface area contributed by atoms with Gasteiger partial charge in [-0.1, -0.05) is 42.5 Å². The summed E-state index contributed by atoms with van der Waals surface area (Å²) in [5.41, 5.74) is -5.05. The van der Waals surface area contributed by atoms with Gasteiger partial charge in [-0.2, -0.15) is 13.2 Å². The third-order valence-electron chi connectivity index (χ3n) is 5.96. The third-order valence-corrected chi connectivity index (χ3v) is 6.51. The topological polar surface area (TPSA) is 75.7 Å². The number of allylic oxidation sites excluding steroid dienone is 1. The van der Waals surface area contributed by atoms with Crippen LogP contribution in [0, 0.1) is 0 Å². The average molecular weight is 507 g/mol. The molecule has 1 N–H and O–H groups in total. The number of carbonyl (C=O) groups excluding carboxylic acids is 3. The lowest BCUT2D eigenvalue weighted by atomic mass is 9.88. The van der Waals surface area contributed by atoms with Crippen LogP contribution in [0.5, 0.6) is 0 Å². The van der Waals surface area contributed by atoms with Crippen LogP contribution in [0.15, 0.2) is 29.5 Å². The van der Waals surface area contributed by atoms with Gasteiger partial charge in [0.05, 0.1) is 17.2 Å². The van der Waals surface area contributed by atoms with Crippen molar-refractivity contribution in [2.75, 3.05) is 6.61 Å². The molecule has 180 valence electrons. The molecule has 6 nitrogen and oxygen atoms in total. The molecular formula is C22H23Cl2F3N2O4. The molecule has 0 aromatic heterocycles. The molecule has 1 aliphatic heterocycles. The van der Waals surface area contributed by atoms with Crippen molar-refractivity contribution >= 4 is 41.0 Å². The molecule has 11 heteroatoms. The number of hydrogen-bond donors (Lipinski definition) is 1. The van der Waals surface area contributed by atoms with Crippen molar-refractivity contribution in [1.29, 1.82) is 0 Å². The minimum Gasteiger partial charge on any atom is -0.462 e. The number of carbonyl (C=O) groups is 3. The van der Waals surface area contributed by atoms with Crippen LogP contribution in [-0.2, 0) is 14.3 Å². The summed E-state index contributed by atoms with van der Waals surface area (Å²) in [6.07, 6.45) is -1.98. The minimum absolute atomic E-state index is 0.172. The zero-order valence-corrected chi connectivity index (χ0v) is 19.5. The van der Waals surface area contributed by atoms with Crippen LogP contribution in [0.2, 0.25) is 10.0 Å². The van der Waals surface area contributed by atoms with Gasteiger partial charge >= 0.3 is 12.1 Å². The van der Waals surface area contributed by atoms with E-state index in [0.29, 0.717) is 12.8 Å². The van der Waals surface area contributed by atoms with Crippen LogP contribution in [0.25, 0.3) is 0 Å². The maximum Gasteiger partial charge on any atom is 0.425 e. The van der Waals surface area contributed by atoms with Crippen LogP contribution < -0.4 is 5.32 Å². The lowest BCUT2D eigenvalue weighted by Gasteiger charge is -2.36. The van der Waals surface area contributed by atoms with E-state index in [1.54, 1.807) is 5.32 Å². The molecule has 2 amide bonds. The summed E-state index contributed by atoms with van der Waals surface area (Å²) in [7, 11) is 0. The van der Waals surface area contributed by atoms with Crippen LogP contribution in [-0.4, -0.2) is 47.0 Å². The van der Waals surface area contributed by atoms with Crippen molar-refractivity contribution in [1.82, 2.24) is 10.2 Å². The van der Waals surface area contributed by atoms with Crippen molar-refractivity contribution in [3.63, 3.8) is 0 Å². The number of esters is 1. The molecule has 3 rings (SSSR count). The fourth-order valence-electron chi connectivity index (χ4n) is 4.48. The molecule has 1 saturated carbocycles. The van der Waals surface area contributed by atoms with Crippen molar-refractivity contribution in [3.05, 3.63) is 45.1 Å². The normalized spacial score (nSPS) is 22.0. The van der Waals surface area contributed by atoms with Gasteiger partial charge in [-0.05, 0) is 44.9 Å². The number of benzene rings is 1. The molecule has 1 aromatic carbocycles. The Labute approximate surface area is 199 Å². The number of nitrogens with one attached hydrogen (secondary N) is 1. The number of alkyl halides is 3. The Kier molecular flexibility index (Phi) is 7.33. The van der Waals surface area contributed by atoms with Crippen molar-refractivity contribution < 1.29 is 32.3 Å². The molecular weight excluding hydrogens is 484 g/mol. The summed E-state index contributed by atoms with van der Waals surface area (Å²) in [5, 5.41) is 1.77. The first kappa shape index (κ1) is 25.4. The summed E-state index contributed by atoms with van der Waals surface area (Å²) in [6, 6.07) is 3.09. The van der Waals surface area contributed by atoms with Gasteiger partial charge in [0.2, 0.25) is 0 Å². The molecule has 0 bridgehead atoms. The van der Waals surface area contributed by atoms with Gasteiger partial charge in [0.1, 0.15) is 5.57 Å². The highest BCUT2D eigenvalue weighted by Gasteiger charge is 2.71. The molecule has 0 radical (unpaired) electrons. The summed E-state index contributed by atoms with van der Waals surface area (Å²) < 4.78 is 49.0. The molecule has 1 unspecified atom stereocenters. The van der Waals surface area contributed by atoms with Crippen LogP contribution in [0.1, 0.15) is 56.3 Å². The van der Waals surface area contributed by atoms with E-state index in [4.69, 9.17) is 27.9 Å². The summed E-state index contributed by atoms with van der Waals surface area (Å²) in [5.74, 6) is -4.02. The highest BCUT2D eigenvalue weighted by atomic mass is 35.5. The van der Waals surface area contributed by atoms with E-state index in [2.05, 4.69) is 0 Å². The number of nitrogens with zero attached hydrogens (tertiary/aromatic N) is 1. The molecule has 1 heterocycles. The first-order chi connectivity index (χ1) is 15.5. The number of hydrogen-bond acceptors (Lipinski definition) is 4. The molecule has 1 aromatic rings. The Morgan fingerprint density at radius 2 is 1.85 bits per heavy atom. The van der Waals surface area contributed by atoms with Crippen molar-refractivity contribution in [3.8, 4) is 0 Å². The Morgan fingerprint density at radius 1 is 1.21 bits per heavy atom.